The van der Waals surface area contributed by atoms with Gasteiger partial charge >= 0.3 is 0 Å². The van der Waals surface area contributed by atoms with Crippen LogP contribution in [-0.4, -0.2) is 56.6 Å². The average Bonchev–Trinajstić information content (AvgIpc) is 2.73. The zero-order valence-electron chi connectivity index (χ0n) is 19.9. The fourth-order valence-corrected chi connectivity index (χ4v) is 3.23. The van der Waals surface area contributed by atoms with E-state index < -0.39 is 0 Å². The first-order chi connectivity index (χ1) is 14.3. The van der Waals surface area contributed by atoms with Crippen molar-refractivity contribution in [2.24, 2.45) is 17.8 Å². The molecule has 0 heterocycles. The zero-order chi connectivity index (χ0) is 22.9. The zero-order valence-corrected chi connectivity index (χ0v) is 19.9. The number of rotatable bonds is 13. The molecule has 0 bridgehead atoms. The van der Waals surface area contributed by atoms with E-state index in [0.29, 0.717) is 45.2 Å². The van der Waals surface area contributed by atoms with E-state index in [2.05, 4.69) is 10.6 Å². The van der Waals surface area contributed by atoms with E-state index in [-0.39, 0.29) is 35.6 Å². The molecule has 0 aliphatic heterocycles. The lowest BCUT2D eigenvalue weighted by Crippen LogP contribution is -2.39. The van der Waals surface area contributed by atoms with Crippen LogP contribution in [0.2, 0.25) is 0 Å². The highest BCUT2D eigenvalue weighted by Gasteiger charge is 2.28. The van der Waals surface area contributed by atoms with E-state index in [9.17, 15) is 14.4 Å². The molecule has 7 nitrogen and oxygen atoms in total. The number of hydrogen-bond donors (Lipinski definition) is 2. The molecule has 1 rings (SSSR count). The van der Waals surface area contributed by atoms with Crippen LogP contribution in [0.4, 0.5) is 0 Å². The number of nitrogens with one attached hydrogen (secondary N) is 2. The van der Waals surface area contributed by atoms with Crippen molar-refractivity contribution in [2.45, 2.75) is 79.7 Å². The summed E-state index contributed by atoms with van der Waals surface area (Å²) in [6.45, 7) is 13.8. The molecule has 0 unspecified atom stereocenters. The maximum absolute atomic E-state index is 12.0. The Bertz CT molecular complexity index is 486. The molecule has 176 valence electrons. The summed E-state index contributed by atoms with van der Waals surface area (Å²) in [5.74, 6) is 0.600. The van der Waals surface area contributed by atoms with Crippen LogP contribution in [0, 0.1) is 17.8 Å². The lowest BCUT2D eigenvalue weighted by Gasteiger charge is -2.29. The van der Waals surface area contributed by atoms with Crippen molar-refractivity contribution < 1.29 is 23.9 Å². The van der Waals surface area contributed by atoms with E-state index in [1.807, 2.05) is 41.5 Å². The summed E-state index contributed by atoms with van der Waals surface area (Å²) in [4.78, 5) is 35.4. The minimum Gasteiger partial charge on any atom is -0.379 e. The highest BCUT2D eigenvalue weighted by molar-refractivity contribution is 5.83. The van der Waals surface area contributed by atoms with Crippen molar-refractivity contribution in [3.63, 3.8) is 0 Å². The van der Waals surface area contributed by atoms with Crippen molar-refractivity contribution in [1.29, 1.82) is 0 Å². The molecule has 1 aliphatic carbocycles. The lowest BCUT2D eigenvalue weighted by molar-refractivity contribution is -0.127. The number of carbonyl (C=O) groups is 3. The van der Waals surface area contributed by atoms with Gasteiger partial charge in [0.2, 0.25) is 11.8 Å². The van der Waals surface area contributed by atoms with Gasteiger partial charge in [0.05, 0.1) is 26.4 Å². The maximum atomic E-state index is 12.0. The van der Waals surface area contributed by atoms with Crippen LogP contribution in [0.5, 0.6) is 0 Å². The van der Waals surface area contributed by atoms with Gasteiger partial charge < -0.3 is 20.1 Å². The number of carbonyl (C=O) groups excluding carboxylic acids is 3. The number of hydrogen-bond acceptors (Lipinski definition) is 5. The van der Waals surface area contributed by atoms with E-state index in [4.69, 9.17) is 9.47 Å². The van der Waals surface area contributed by atoms with Gasteiger partial charge in [0.15, 0.2) is 0 Å². The van der Waals surface area contributed by atoms with Gasteiger partial charge in [-0.1, -0.05) is 41.5 Å². The van der Waals surface area contributed by atoms with Crippen LogP contribution in [0.25, 0.3) is 0 Å². The molecular formula is C23H44N2O5. The quantitative estimate of drug-likeness (QED) is 0.440. The summed E-state index contributed by atoms with van der Waals surface area (Å²) < 4.78 is 10.8. The normalized spacial score (nSPS) is 18.5. The van der Waals surface area contributed by atoms with Crippen molar-refractivity contribution in [3.8, 4) is 0 Å². The summed E-state index contributed by atoms with van der Waals surface area (Å²) in [6, 6.07) is 0.174. The largest absolute Gasteiger partial charge is 0.379 e. The van der Waals surface area contributed by atoms with Crippen molar-refractivity contribution >= 4 is 17.6 Å². The van der Waals surface area contributed by atoms with Gasteiger partial charge in [-0.25, -0.2) is 0 Å². The monoisotopic (exact) mass is 428 g/mol. The molecule has 1 aliphatic rings. The number of amides is 2. The van der Waals surface area contributed by atoms with Gasteiger partial charge in [0, 0.05) is 36.8 Å². The highest BCUT2D eigenvalue weighted by Crippen LogP contribution is 2.27. The molecular weight excluding hydrogens is 384 g/mol. The fraction of sp³-hybridized carbons (Fsp3) is 0.870. The topological polar surface area (TPSA) is 93.7 Å². The maximum Gasteiger partial charge on any atom is 0.222 e. The van der Waals surface area contributed by atoms with Crippen LogP contribution in [0.1, 0.15) is 73.6 Å². The van der Waals surface area contributed by atoms with Gasteiger partial charge in [-0.3, -0.25) is 14.4 Å². The molecule has 0 radical (unpaired) electrons. The van der Waals surface area contributed by atoms with Crippen molar-refractivity contribution in [2.75, 3.05) is 33.0 Å². The Hall–Kier alpha value is -1.47. The predicted octanol–water partition coefficient (Wildman–Crippen LogP) is 3.11. The summed E-state index contributed by atoms with van der Waals surface area (Å²) in [5.41, 5.74) is 0. The molecule has 0 aromatic carbocycles. The van der Waals surface area contributed by atoms with Gasteiger partial charge in [0.25, 0.3) is 0 Å². The van der Waals surface area contributed by atoms with Crippen LogP contribution in [0.3, 0.4) is 0 Å². The van der Waals surface area contributed by atoms with Crippen LogP contribution in [0.15, 0.2) is 0 Å². The Morgan fingerprint density at radius 1 is 0.833 bits per heavy atom. The van der Waals surface area contributed by atoms with E-state index in [1.165, 1.54) is 0 Å². The first-order valence-electron chi connectivity index (χ1n) is 11.6. The second-order valence-corrected chi connectivity index (χ2v) is 8.09. The molecule has 0 spiro atoms. The predicted molar refractivity (Wildman–Crippen MR) is 119 cm³/mol. The summed E-state index contributed by atoms with van der Waals surface area (Å²) >= 11 is 0. The Kier molecular flexibility index (Phi) is 16.4. The second kappa shape index (κ2) is 17.2. The number of ketones is 1. The Morgan fingerprint density at radius 3 is 1.93 bits per heavy atom. The molecule has 7 heteroatoms. The molecule has 1 saturated carbocycles. The van der Waals surface area contributed by atoms with E-state index >= 15 is 0 Å². The summed E-state index contributed by atoms with van der Waals surface area (Å²) in [6.07, 6.45) is 3.81. The fourth-order valence-electron chi connectivity index (χ4n) is 3.23. The minimum atomic E-state index is -0.0213. The van der Waals surface area contributed by atoms with Gasteiger partial charge in [-0.15, -0.1) is 0 Å². The molecule has 0 atom stereocenters. The third kappa shape index (κ3) is 13.0. The molecule has 0 aromatic rings. The van der Waals surface area contributed by atoms with Crippen molar-refractivity contribution in [3.05, 3.63) is 0 Å². The summed E-state index contributed by atoms with van der Waals surface area (Å²) in [5, 5.41) is 5.82. The molecule has 1 fully saturated rings. The Balaban J connectivity index is 0.00000407. The lowest BCUT2D eigenvalue weighted by atomic mass is 9.80. The Morgan fingerprint density at radius 2 is 1.40 bits per heavy atom. The first kappa shape index (κ1) is 28.5. The second-order valence-electron chi connectivity index (χ2n) is 8.09. The van der Waals surface area contributed by atoms with Crippen molar-refractivity contribution in [1.82, 2.24) is 10.6 Å². The molecule has 0 saturated heterocycles. The van der Waals surface area contributed by atoms with Crippen LogP contribution >= 0.6 is 0 Å². The standard InChI is InChI=1S/C21H38N2O5.C2H6/c1-15(2)20(25)17-5-7-18(8-6-17)23-19(24)9-11-27-13-14-28-12-10-22-21(26)16(3)4;1-2/h15-18H,5-14H2,1-4H3,(H,22,26)(H,23,24);1-2H3. The van der Waals surface area contributed by atoms with Gasteiger partial charge in [-0.05, 0) is 25.7 Å². The molecule has 0 aromatic heterocycles. The third-order valence-electron chi connectivity index (χ3n) is 4.98. The summed E-state index contributed by atoms with van der Waals surface area (Å²) in [7, 11) is 0. The van der Waals surface area contributed by atoms with Crippen LogP contribution in [-0.2, 0) is 23.9 Å². The smallest absolute Gasteiger partial charge is 0.222 e. The molecule has 2 amide bonds. The molecule has 2 N–H and O–H groups in total. The van der Waals surface area contributed by atoms with E-state index in [0.717, 1.165) is 25.7 Å². The van der Waals surface area contributed by atoms with Gasteiger partial charge in [-0.2, -0.15) is 0 Å². The van der Waals surface area contributed by atoms with Crippen LogP contribution < -0.4 is 10.6 Å². The minimum absolute atomic E-state index is 0.00375. The van der Waals surface area contributed by atoms with E-state index in [1.54, 1.807) is 0 Å². The number of ether oxygens (including phenoxy) is 2. The SMILES string of the molecule is CC.CC(C)C(=O)NCCOCCOCCC(=O)NC1CCC(C(=O)C(C)C)CC1. The first-order valence-corrected chi connectivity index (χ1v) is 11.6. The van der Waals surface area contributed by atoms with Gasteiger partial charge in [0.1, 0.15) is 5.78 Å². The number of Topliss-reactive ketones (excluding diaryl/α,β-unsaturated/α-hetero) is 1. The molecule has 30 heavy (non-hydrogen) atoms. The third-order valence-corrected chi connectivity index (χ3v) is 4.98. The Labute approximate surface area is 183 Å². The average molecular weight is 429 g/mol. The highest BCUT2D eigenvalue weighted by atomic mass is 16.5.